The number of hydrogen-bond donors (Lipinski definition) is 2. The molecule has 4 aliphatic rings. The molecule has 7 atom stereocenters. The lowest BCUT2D eigenvalue weighted by Gasteiger charge is -2.50. The van der Waals surface area contributed by atoms with Crippen LogP contribution in [0.4, 0.5) is 0 Å². The van der Waals surface area contributed by atoms with Crippen LogP contribution < -0.4 is 0 Å². The van der Waals surface area contributed by atoms with Crippen molar-refractivity contribution >= 4 is 18.0 Å². The van der Waals surface area contributed by atoms with E-state index < -0.39 is 39.8 Å². The highest BCUT2D eigenvalue weighted by Crippen LogP contribution is 2.76. The van der Waals surface area contributed by atoms with E-state index in [1.807, 2.05) is 6.92 Å². The second kappa shape index (κ2) is 13.1. The number of ether oxygens (including phenoxy) is 1. The summed E-state index contributed by atoms with van der Waals surface area (Å²) in [6, 6.07) is 0. The molecule has 4 rings (SSSR count). The third kappa shape index (κ3) is 5.84. The molecule has 2 N–H and O–H groups in total. The predicted octanol–water partition coefficient (Wildman–Crippen LogP) is 7.20. The molecule has 0 aromatic rings. The molecule has 0 saturated heterocycles. The van der Waals surface area contributed by atoms with Crippen LogP contribution in [0.3, 0.4) is 0 Å². The first-order chi connectivity index (χ1) is 19.9. The van der Waals surface area contributed by atoms with Crippen LogP contribution in [0.2, 0.25) is 0 Å². The number of ketones is 1. The minimum absolute atomic E-state index is 0.113. The quantitative estimate of drug-likeness (QED) is 0.113. The van der Waals surface area contributed by atoms with E-state index >= 15 is 0 Å². The fourth-order valence-corrected chi connectivity index (χ4v) is 9.05. The van der Waals surface area contributed by atoms with E-state index in [0.717, 1.165) is 19.3 Å². The Morgan fingerprint density at radius 3 is 2.05 bits per heavy atom. The summed E-state index contributed by atoms with van der Waals surface area (Å²) in [5.74, 6) is -2.51. The summed E-state index contributed by atoms with van der Waals surface area (Å²) >= 11 is 0. The van der Waals surface area contributed by atoms with Crippen molar-refractivity contribution in [3.63, 3.8) is 0 Å². The van der Waals surface area contributed by atoms with Crippen molar-refractivity contribution in [1.29, 1.82) is 0 Å². The van der Waals surface area contributed by atoms with Crippen LogP contribution in [-0.4, -0.2) is 45.1 Å². The van der Waals surface area contributed by atoms with Crippen molar-refractivity contribution < 1.29 is 29.3 Å². The minimum atomic E-state index is -1.83. The third-order valence-electron chi connectivity index (χ3n) is 11.6. The van der Waals surface area contributed by atoms with Gasteiger partial charge in [-0.2, -0.15) is 0 Å². The van der Waals surface area contributed by atoms with Gasteiger partial charge in [0, 0.05) is 36.0 Å². The number of aldehydes is 1. The first-order valence-electron chi connectivity index (χ1n) is 17.0. The SMILES string of the molecule is CCCCCCCCCCCCCCCC(=O)O[C@@]12C[C@@H](C)[C@@]3(O)[C@@H](C=C(C=O)C[C@]4(O)C(=O)C(C)=C[C@@H]34)[C@@H]1C2(C)C. The van der Waals surface area contributed by atoms with E-state index in [2.05, 4.69) is 20.8 Å². The number of hydrogen-bond acceptors (Lipinski definition) is 6. The Kier molecular flexibility index (Phi) is 10.3. The predicted molar refractivity (Wildman–Crippen MR) is 165 cm³/mol. The Balaban J connectivity index is 1.30. The van der Waals surface area contributed by atoms with Gasteiger partial charge in [-0.25, -0.2) is 0 Å². The van der Waals surface area contributed by atoms with Gasteiger partial charge in [0.2, 0.25) is 0 Å². The maximum Gasteiger partial charge on any atom is 0.306 e. The van der Waals surface area contributed by atoms with Gasteiger partial charge in [0.1, 0.15) is 17.5 Å². The molecule has 6 heteroatoms. The van der Waals surface area contributed by atoms with Gasteiger partial charge in [0.05, 0.1) is 5.60 Å². The molecule has 6 nitrogen and oxygen atoms in total. The monoisotopic (exact) mass is 584 g/mol. The number of esters is 1. The Hall–Kier alpha value is -1.79. The van der Waals surface area contributed by atoms with E-state index in [4.69, 9.17) is 4.74 Å². The minimum Gasteiger partial charge on any atom is -0.458 e. The normalized spacial score (nSPS) is 36.2. The number of aliphatic hydroxyl groups is 2. The molecule has 0 heterocycles. The van der Waals surface area contributed by atoms with Gasteiger partial charge in [-0.3, -0.25) is 14.4 Å². The molecule has 0 amide bonds. The van der Waals surface area contributed by atoms with Crippen LogP contribution in [0.5, 0.6) is 0 Å². The zero-order chi connectivity index (χ0) is 30.8. The molecule has 0 radical (unpaired) electrons. The Labute approximate surface area is 253 Å². The highest BCUT2D eigenvalue weighted by molar-refractivity contribution is 6.05. The molecular weight excluding hydrogens is 528 g/mol. The molecule has 0 spiro atoms. The van der Waals surface area contributed by atoms with Crippen LogP contribution in [0.25, 0.3) is 0 Å². The third-order valence-corrected chi connectivity index (χ3v) is 11.6. The summed E-state index contributed by atoms with van der Waals surface area (Å²) in [6.07, 6.45) is 21.2. The lowest BCUT2D eigenvalue weighted by atomic mass is 9.60. The number of fused-ring (bicyclic) bond motifs is 5. The fourth-order valence-electron chi connectivity index (χ4n) is 9.05. The summed E-state index contributed by atoms with van der Waals surface area (Å²) < 4.78 is 6.32. The zero-order valence-corrected chi connectivity index (χ0v) is 26.9. The number of carbonyl (C=O) groups is 3. The maximum atomic E-state index is 13.1. The average molecular weight is 585 g/mol. The largest absolute Gasteiger partial charge is 0.458 e. The van der Waals surface area contributed by atoms with E-state index in [-0.39, 0.29) is 24.2 Å². The number of unbranched alkanes of at least 4 members (excludes halogenated alkanes) is 12. The van der Waals surface area contributed by atoms with Crippen molar-refractivity contribution in [2.24, 2.45) is 29.1 Å². The van der Waals surface area contributed by atoms with Crippen LogP contribution >= 0.6 is 0 Å². The summed E-state index contributed by atoms with van der Waals surface area (Å²) in [5, 5.41) is 24.0. The lowest BCUT2D eigenvalue weighted by Crippen LogP contribution is -2.61. The summed E-state index contributed by atoms with van der Waals surface area (Å²) in [6.45, 7) is 9.98. The van der Waals surface area contributed by atoms with E-state index in [1.54, 1.807) is 19.1 Å². The highest BCUT2D eigenvalue weighted by Gasteiger charge is 2.83. The van der Waals surface area contributed by atoms with Crippen molar-refractivity contribution in [3.05, 3.63) is 23.3 Å². The lowest BCUT2D eigenvalue weighted by molar-refractivity contribution is -0.187. The van der Waals surface area contributed by atoms with Gasteiger partial charge in [0.15, 0.2) is 5.78 Å². The van der Waals surface area contributed by atoms with E-state index in [1.165, 1.54) is 64.2 Å². The van der Waals surface area contributed by atoms with E-state index in [9.17, 15) is 24.6 Å². The summed E-state index contributed by atoms with van der Waals surface area (Å²) in [7, 11) is 0. The first kappa shape index (κ1) is 33.1. The molecule has 0 bridgehead atoms. The van der Waals surface area contributed by atoms with Crippen LogP contribution in [0, 0.1) is 29.1 Å². The molecule has 42 heavy (non-hydrogen) atoms. The van der Waals surface area contributed by atoms with E-state index in [0.29, 0.717) is 30.3 Å². The first-order valence-corrected chi connectivity index (χ1v) is 17.0. The van der Waals surface area contributed by atoms with Gasteiger partial charge in [-0.1, -0.05) is 117 Å². The highest BCUT2D eigenvalue weighted by atomic mass is 16.6. The Morgan fingerprint density at radius 2 is 1.50 bits per heavy atom. The molecule has 236 valence electrons. The Morgan fingerprint density at radius 1 is 0.952 bits per heavy atom. The van der Waals surface area contributed by atoms with Gasteiger partial charge < -0.3 is 14.9 Å². The number of rotatable bonds is 16. The average Bonchev–Trinajstić information content (AvgIpc) is 3.34. The second-order valence-corrected chi connectivity index (χ2v) is 14.7. The molecule has 0 aliphatic heterocycles. The van der Waals surface area contributed by atoms with Gasteiger partial charge in [-0.05, 0) is 36.8 Å². The van der Waals surface area contributed by atoms with Gasteiger partial charge in [-0.15, -0.1) is 0 Å². The van der Waals surface area contributed by atoms with Crippen LogP contribution in [0.15, 0.2) is 23.3 Å². The number of Topliss-reactive ketones (excluding diaryl/α,β-unsaturated/α-hetero) is 1. The van der Waals surface area contributed by atoms with Gasteiger partial charge >= 0.3 is 5.97 Å². The van der Waals surface area contributed by atoms with Gasteiger partial charge in [0.25, 0.3) is 0 Å². The topological polar surface area (TPSA) is 101 Å². The second-order valence-electron chi connectivity index (χ2n) is 14.7. The molecular formula is C36H56O6. The van der Waals surface area contributed by atoms with Crippen molar-refractivity contribution in [1.82, 2.24) is 0 Å². The molecule has 4 aliphatic carbocycles. The number of carbonyl (C=O) groups excluding carboxylic acids is 3. The molecule has 2 fully saturated rings. The molecule has 0 unspecified atom stereocenters. The Bertz CT molecular complexity index is 1070. The fraction of sp³-hybridized carbons (Fsp3) is 0.806. The van der Waals surface area contributed by atoms with Crippen molar-refractivity contribution in [3.8, 4) is 0 Å². The zero-order valence-electron chi connectivity index (χ0n) is 26.9. The standard InChI is InChI=1S/C36H56O6/c1-6-7-8-9-10-11-12-13-14-15-16-17-18-19-30(38)42-35-22-26(3)36(41)28(31(35)33(35,4)5)21-27(24-37)23-34(40)29(36)20-25(2)32(34)39/h20-21,24,26,28-29,31,40-41H,6-19,22-23H2,1-5H3/t26-,28+,29-,31-,34-,35+,36-/m1/s1. The summed E-state index contributed by atoms with van der Waals surface area (Å²) in [5.41, 5.74) is -3.66. The smallest absolute Gasteiger partial charge is 0.306 e. The van der Waals surface area contributed by atoms with Crippen molar-refractivity contribution in [2.75, 3.05) is 0 Å². The van der Waals surface area contributed by atoms with Crippen LogP contribution in [-0.2, 0) is 19.1 Å². The maximum absolute atomic E-state index is 13.1. The molecule has 2 saturated carbocycles. The van der Waals surface area contributed by atoms with Crippen molar-refractivity contribution in [2.45, 2.75) is 154 Å². The molecule has 0 aromatic carbocycles. The van der Waals surface area contributed by atoms with Crippen LogP contribution in [0.1, 0.15) is 137 Å². The summed E-state index contributed by atoms with van der Waals surface area (Å²) in [4.78, 5) is 38.2. The molecule has 0 aromatic heterocycles.